The van der Waals surface area contributed by atoms with Gasteiger partial charge in [-0.3, -0.25) is 23.9 Å². The van der Waals surface area contributed by atoms with Crippen molar-refractivity contribution < 1.29 is 28.9 Å². The minimum absolute atomic E-state index is 0.549. The van der Waals surface area contributed by atoms with E-state index in [0.717, 1.165) is 10.6 Å². The molecule has 0 spiro atoms. The highest BCUT2D eigenvalue weighted by Crippen LogP contribution is 2.56. The number of hydrogen-bond donors (Lipinski definition) is 2. The molecule has 2 N–H and O–H groups in total. The summed E-state index contributed by atoms with van der Waals surface area (Å²) in [5.41, 5.74) is -4.88. The first-order chi connectivity index (χ1) is 13.2. The zero-order valence-electron chi connectivity index (χ0n) is 17.2. The molecule has 0 aromatic carbocycles. The van der Waals surface area contributed by atoms with Crippen LogP contribution < -0.4 is 11.2 Å². The first-order valence-electron chi connectivity index (χ1n) is 9.29. The van der Waals surface area contributed by atoms with Crippen LogP contribution in [0.5, 0.6) is 0 Å². The molecular formula is C19H26N2O8. The van der Waals surface area contributed by atoms with E-state index in [0.29, 0.717) is 0 Å². The van der Waals surface area contributed by atoms with Gasteiger partial charge in [-0.25, -0.2) is 4.79 Å². The molecule has 10 nitrogen and oxygen atoms in total. The fraction of sp³-hybridized carbons (Fsp3) is 0.684. The molecule has 1 unspecified atom stereocenters. The van der Waals surface area contributed by atoms with Crippen molar-refractivity contribution >= 4 is 11.9 Å². The third kappa shape index (κ3) is 3.62. The Balaban J connectivity index is 1.93. The lowest BCUT2D eigenvalue weighted by Gasteiger charge is -2.30. The highest BCUT2D eigenvalue weighted by atomic mass is 16.7. The van der Waals surface area contributed by atoms with Crippen LogP contribution in [-0.2, 0) is 23.8 Å². The number of ether oxygens (including phenoxy) is 3. The Morgan fingerprint density at radius 2 is 1.59 bits per heavy atom. The van der Waals surface area contributed by atoms with Crippen LogP contribution in [0.1, 0.15) is 47.8 Å². The number of fused-ring (bicyclic) bond motifs is 1. The Labute approximate surface area is 166 Å². The number of H-pyrrole nitrogens is 1. The van der Waals surface area contributed by atoms with Crippen LogP contribution in [-0.4, -0.2) is 50.5 Å². The lowest BCUT2D eigenvalue weighted by atomic mass is 9.97. The largest absolute Gasteiger partial charge is 0.456 e. The second kappa shape index (κ2) is 6.53. The molecule has 10 heteroatoms. The molecule has 1 saturated heterocycles. The number of hydrogen-bond acceptors (Lipinski definition) is 8. The van der Waals surface area contributed by atoms with Gasteiger partial charge in [-0.2, -0.15) is 0 Å². The maximum absolute atomic E-state index is 12.5. The van der Waals surface area contributed by atoms with E-state index in [2.05, 4.69) is 4.98 Å². The van der Waals surface area contributed by atoms with Crippen molar-refractivity contribution in [2.75, 3.05) is 0 Å². The Morgan fingerprint density at radius 3 is 2.07 bits per heavy atom. The lowest BCUT2D eigenvalue weighted by Crippen LogP contribution is -2.46. The highest BCUT2D eigenvalue weighted by Gasteiger charge is 2.81. The molecule has 160 valence electrons. The average Bonchev–Trinajstić information content (AvgIpc) is 2.99. The number of carbonyl (C=O) groups excluding carboxylic acids is 2. The van der Waals surface area contributed by atoms with Crippen molar-refractivity contribution in [3.63, 3.8) is 0 Å². The highest BCUT2D eigenvalue weighted by molar-refractivity contribution is 5.77. The van der Waals surface area contributed by atoms with E-state index >= 15 is 0 Å². The van der Waals surface area contributed by atoms with Gasteiger partial charge in [0.1, 0.15) is 6.10 Å². The zero-order valence-corrected chi connectivity index (χ0v) is 17.2. The minimum Gasteiger partial charge on any atom is -0.456 e. The molecule has 1 aromatic rings. The maximum Gasteiger partial charge on any atom is 0.330 e. The molecule has 1 aliphatic carbocycles. The van der Waals surface area contributed by atoms with Crippen molar-refractivity contribution in [3.05, 3.63) is 33.1 Å². The van der Waals surface area contributed by atoms with Crippen LogP contribution in [0.25, 0.3) is 0 Å². The van der Waals surface area contributed by atoms with Crippen molar-refractivity contribution in [2.45, 2.75) is 71.7 Å². The summed E-state index contributed by atoms with van der Waals surface area (Å²) >= 11 is 0. The SMILES string of the molecule is CC(C)(C)C(=O)OC1[C@H]2O[C@@H](n3ccc(=O)[nH]c3=O)[C@H](OC(=O)C(C)(C)C)[C@@]12O. The zero-order chi connectivity index (χ0) is 21.9. The third-order valence-electron chi connectivity index (χ3n) is 4.90. The van der Waals surface area contributed by atoms with E-state index in [1.54, 1.807) is 41.5 Å². The molecule has 2 heterocycles. The van der Waals surface area contributed by atoms with E-state index in [4.69, 9.17) is 14.2 Å². The molecule has 1 saturated carbocycles. The number of aliphatic hydroxyl groups is 1. The van der Waals surface area contributed by atoms with Crippen LogP contribution >= 0.6 is 0 Å². The second-order valence-corrected chi connectivity index (χ2v) is 9.50. The van der Waals surface area contributed by atoms with E-state index in [1.165, 1.54) is 6.20 Å². The quantitative estimate of drug-likeness (QED) is 0.669. The maximum atomic E-state index is 12.5. The Morgan fingerprint density at radius 1 is 1.07 bits per heavy atom. The molecule has 2 fully saturated rings. The van der Waals surface area contributed by atoms with Crippen molar-refractivity contribution in [3.8, 4) is 0 Å². The molecule has 1 aromatic heterocycles. The summed E-state index contributed by atoms with van der Waals surface area (Å²) in [5.74, 6) is -1.18. The first kappa shape index (κ1) is 21.3. The fourth-order valence-electron chi connectivity index (χ4n) is 3.02. The molecule has 2 aliphatic rings. The Bertz CT molecular complexity index is 950. The van der Waals surface area contributed by atoms with Gasteiger partial charge in [0, 0.05) is 12.3 Å². The van der Waals surface area contributed by atoms with Gasteiger partial charge in [-0.05, 0) is 41.5 Å². The first-order valence-corrected chi connectivity index (χ1v) is 9.29. The van der Waals surface area contributed by atoms with Crippen LogP contribution in [0.3, 0.4) is 0 Å². The van der Waals surface area contributed by atoms with E-state index < -0.39 is 64.2 Å². The van der Waals surface area contributed by atoms with Gasteiger partial charge in [-0.15, -0.1) is 0 Å². The molecule has 29 heavy (non-hydrogen) atoms. The van der Waals surface area contributed by atoms with Crippen LogP contribution in [0.15, 0.2) is 21.9 Å². The predicted molar refractivity (Wildman–Crippen MR) is 98.9 cm³/mol. The van der Waals surface area contributed by atoms with Gasteiger partial charge in [0.25, 0.3) is 5.56 Å². The van der Waals surface area contributed by atoms with Gasteiger partial charge in [-0.1, -0.05) is 0 Å². The Hall–Kier alpha value is -2.46. The number of aromatic amines is 1. The molecule has 5 atom stereocenters. The van der Waals surface area contributed by atoms with Crippen molar-refractivity contribution in [2.24, 2.45) is 10.8 Å². The number of esters is 2. The monoisotopic (exact) mass is 410 g/mol. The summed E-state index contributed by atoms with van der Waals surface area (Å²) < 4.78 is 17.7. The van der Waals surface area contributed by atoms with Crippen LogP contribution in [0, 0.1) is 10.8 Å². The van der Waals surface area contributed by atoms with Crippen LogP contribution in [0.2, 0.25) is 0 Å². The van der Waals surface area contributed by atoms with E-state index in [9.17, 15) is 24.3 Å². The lowest BCUT2D eigenvalue weighted by molar-refractivity contribution is -0.185. The standard InChI is InChI=1S/C19H26N2O8/c1-17(2,3)14(23)28-11-10-19(11,26)12(29-15(24)18(4,5)6)13(27-10)21-8-7-9(22)20-16(21)25/h7-8,10-13,26H,1-6H3,(H,20,22,25)/t10-,11?,12+,13-,19+/m1/s1. The van der Waals surface area contributed by atoms with Gasteiger partial charge < -0.3 is 19.3 Å². The van der Waals surface area contributed by atoms with Gasteiger partial charge in [0.15, 0.2) is 24.0 Å². The van der Waals surface area contributed by atoms with Crippen molar-refractivity contribution in [1.82, 2.24) is 9.55 Å². The summed E-state index contributed by atoms with van der Waals surface area (Å²) in [6.07, 6.45) is -3.34. The molecule has 0 bridgehead atoms. The summed E-state index contributed by atoms with van der Waals surface area (Å²) in [6.45, 7) is 9.90. The molecule has 0 amide bonds. The minimum atomic E-state index is -1.80. The summed E-state index contributed by atoms with van der Waals surface area (Å²) in [6, 6.07) is 1.11. The normalized spacial score (nSPS) is 31.1. The van der Waals surface area contributed by atoms with Gasteiger partial charge >= 0.3 is 17.6 Å². The summed E-state index contributed by atoms with van der Waals surface area (Å²) in [7, 11) is 0. The second-order valence-electron chi connectivity index (χ2n) is 9.50. The number of aromatic nitrogens is 2. The average molecular weight is 410 g/mol. The topological polar surface area (TPSA) is 137 Å². The number of rotatable bonds is 3. The molecule has 1 aliphatic heterocycles. The van der Waals surface area contributed by atoms with Gasteiger partial charge in [0.05, 0.1) is 10.8 Å². The molecule has 3 rings (SSSR count). The number of nitrogens with one attached hydrogen (secondary N) is 1. The summed E-state index contributed by atoms with van der Waals surface area (Å²) in [4.78, 5) is 50.3. The fourth-order valence-corrected chi connectivity index (χ4v) is 3.02. The third-order valence-corrected chi connectivity index (χ3v) is 4.90. The molecule has 0 radical (unpaired) electrons. The van der Waals surface area contributed by atoms with E-state index in [1.807, 2.05) is 0 Å². The predicted octanol–water partition coefficient (Wildman–Crippen LogP) is 0.0945. The van der Waals surface area contributed by atoms with Crippen LogP contribution in [0.4, 0.5) is 0 Å². The summed E-state index contributed by atoms with van der Waals surface area (Å²) in [5, 5.41) is 11.1. The number of carbonyl (C=O) groups is 2. The van der Waals surface area contributed by atoms with Gasteiger partial charge in [0.2, 0.25) is 0 Å². The molecular weight excluding hydrogens is 384 g/mol. The van der Waals surface area contributed by atoms with Crippen molar-refractivity contribution in [1.29, 1.82) is 0 Å². The Kier molecular flexibility index (Phi) is 4.78. The smallest absolute Gasteiger partial charge is 0.330 e. The number of nitrogens with zero attached hydrogens (tertiary/aromatic N) is 1. The van der Waals surface area contributed by atoms with E-state index in [-0.39, 0.29) is 0 Å².